The number of rotatable bonds is 25. The Morgan fingerprint density at radius 2 is 1.09 bits per heavy atom. The molecule has 0 aliphatic heterocycles. The molecule has 1 aromatic carbocycles. The molecule has 0 aliphatic rings. The van der Waals surface area contributed by atoms with E-state index < -0.39 is 0 Å². The molecule has 0 saturated carbocycles. The molecule has 0 fully saturated rings. The number of allylic oxidation sites excluding steroid dienone is 1. The molecule has 2 unspecified atom stereocenters. The quantitative estimate of drug-likeness (QED) is 0.0733. The Hall–Kier alpha value is -3.08. The lowest BCUT2D eigenvalue weighted by Crippen LogP contribution is -2.33. The molecule has 0 radical (unpaired) electrons. The van der Waals surface area contributed by atoms with Gasteiger partial charge in [-0.05, 0) is 79.7 Å². The van der Waals surface area contributed by atoms with Crippen LogP contribution in [0.5, 0.6) is 0 Å². The highest BCUT2D eigenvalue weighted by atomic mass is 15.0. The van der Waals surface area contributed by atoms with E-state index in [1.807, 2.05) is 0 Å². The largest absolute Gasteiger partial charge is 0.385 e. The van der Waals surface area contributed by atoms with Crippen molar-refractivity contribution in [1.82, 2.24) is 21.3 Å². The Bertz CT molecular complexity index is 969. The molecular weight excluding hydrogens is 526 g/mol. The van der Waals surface area contributed by atoms with Crippen LogP contribution in [0, 0.1) is 11.8 Å². The average molecular weight is 592 g/mol. The molecule has 0 bridgehead atoms. The fourth-order valence-corrected chi connectivity index (χ4v) is 5.18. The Balaban J connectivity index is 3.00. The lowest BCUT2D eigenvalue weighted by molar-refractivity contribution is 0.433. The van der Waals surface area contributed by atoms with E-state index in [1.54, 1.807) is 0 Å². The molecule has 0 saturated heterocycles. The van der Waals surface area contributed by atoms with Crippen LogP contribution in [0.3, 0.4) is 0 Å². The van der Waals surface area contributed by atoms with Crippen LogP contribution in [0.15, 0.2) is 68.2 Å². The topological polar surface area (TPSA) is 60.1 Å². The molecule has 5 heteroatoms. The highest BCUT2D eigenvalue weighted by molar-refractivity contribution is 5.74. The van der Waals surface area contributed by atoms with Gasteiger partial charge >= 0.3 is 0 Å². The van der Waals surface area contributed by atoms with Gasteiger partial charge in [0.2, 0.25) is 0 Å². The molecule has 5 nitrogen and oxygen atoms in total. The van der Waals surface area contributed by atoms with Crippen LogP contribution in [0.25, 0.3) is 11.4 Å². The summed E-state index contributed by atoms with van der Waals surface area (Å²) in [5.41, 5.74) is 7.66. The van der Waals surface area contributed by atoms with Crippen molar-refractivity contribution in [3.05, 3.63) is 79.3 Å². The first-order valence-corrected chi connectivity index (χ1v) is 16.7. The number of hydrogen-bond donors (Lipinski definition) is 5. The molecule has 0 spiro atoms. The van der Waals surface area contributed by atoms with Crippen molar-refractivity contribution in [1.29, 1.82) is 0 Å². The molecule has 2 atom stereocenters. The third-order valence-corrected chi connectivity index (χ3v) is 7.63. The summed E-state index contributed by atoms with van der Waals surface area (Å²) in [6, 6.07) is 7.26. The monoisotopic (exact) mass is 592 g/mol. The van der Waals surface area contributed by atoms with Crippen LogP contribution in [0.2, 0.25) is 0 Å². The molecule has 242 valence electrons. The van der Waals surface area contributed by atoms with Gasteiger partial charge in [0.1, 0.15) is 0 Å². The van der Waals surface area contributed by atoms with E-state index in [1.165, 1.54) is 19.3 Å². The van der Waals surface area contributed by atoms with E-state index in [0.717, 1.165) is 83.8 Å². The first kappa shape index (κ1) is 37.9. The predicted octanol–water partition coefficient (Wildman–Crippen LogP) is 9.56. The van der Waals surface area contributed by atoms with Gasteiger partial charge in [0.15, 0.2) is 0 Å². The molecule has 0 amide bonds. The van der Waals surface area contributed by atoms with Gasteiger partial charge in [-0.15, -0.1) is 0 Å². The van der Waals surface area contributed by atoms with E-state index in [9.17, 15) is 0 Å². The highest BCUT2D eigenvalue weighted by Crippen LogP contribution is 2.25. The van der Waals surface area contributed by atoms with Gasteiger partial charge in [0.25, 0.3) is 0 Å². The number of unbranched alkanes of at least 4 members (excludes halogenated alkanes) is 3. The van der Waals surface area contributed by atoms with Crippen LogP contribution in [-0.2, 0) is 0 Å². The van der Waals surface area contributed by atoms with Gasteiger partial charge in [-0.2, -0.15) is 0 Å². The second-order valence-electron chi connectivity index (χ2n) is 13.0. The lowest BCUT2D eigenvalue weighted by Gasteiger charge is -2.23. The van der Waals surface area contributed by atoms with Crippen molar-refractivity contribution >= 4 is 17.1 Å². The van der Waals surface area contributed by atoms with Gasteiger partial charge in [-0.3, -0.25) is 0 Å². The van der Waals surface area contributed by atoms with Crippen LogP contribution in [0.1, 0.15) is 117 Å². The zero-order valence-electron chi connectivity index (χ0n) is 28.9. The van der Waals surface area contributed by atoms with Gasteiger partial charge in [-0.25, -0.2) is 0 Å². The molecular formula is C38H65N5. The van der Waals surface area contributed by atoms with Crippen molar-refractivity contribution in [3.8, 4) is 0 Å². The average Bonchev–Trinajstić information content (AvgIpc) is 2.95. The fourth-order valence-electron chi connectivity index (χ4n) is 5.18. The minimum absolute atomic E-state index is 0.432. The summed E-state index contributed by atoms with van der Waals surface area (Å²) in [7, 11) is 0. The maximum Gasteiger partial charge on any atom is 0.0541 e. The molecule has 1 rings (SSSR count). The first-order chi connectivity index (χ1) is 20.4. The molecule has 0 heterocycles. The molecule has 1 aromatic rings. The summed E-state index contributed by atoms with van der Waals surface area (Å²) >= 11 is 0. The van der Waals surface area contributed by atoms with Crippen molar-refractivity contribution < 1.29 is 0 Å². The zero-order chi connectivity index (χ0) is 32.4. The summed E-state index contributed by atoms with van der Waals surface area (Å²) in [6.45, 7) is 38.5. The molecule has 0 aliphatic carbocycles. The van der Waals surface area contributed by atoms with E-state index >= 15 is 0 Å². The molecule has 0 aromatic heterocycles. The Morgan fingerprint density at radius 1 is 0.628 bits per heavy atom. The number of nitrogens with one attached hydrogen (secondary N) is 5. The second-order valence-corrected chi connectivity index (χ2v) is 13.0. The van der Waals surface area contributed by atoms with Crippen LogP contribution in [0.4, 0.5) is 5.69 Å². The summed E-state index contributed by atoms with van der Waals surface area (Å²) in [4.78, 5) is 0. The van der Waals surface area contributed by atoms with Gasteiger partial charge < -0.3 is 26.6 Å². The summed E-state index contributed by atoms with van der Waals surface area (Å²) in [5, 5.41) is 17.7. The standard InChI is InChI=1S/C38H65N5/c1-13-16-17-18-19-29(8)41-38-23-34(32(11)39-25-30(9)42-36(14-2)20-27(4)5)22-35(24-38)33(12)40-26-31(10)43-37(15-3)21-28(6)7/h22-24,27-28,36-37,39-43H,8-21,25-26H2,1-7H3. The van der Waals surface area contributed by atoms with Gasteiger partial charge in [-0.1, -0.05) is 101 Å². The molecule has 43 heavy (non-hydrogen) atoms. The van der Waals surface area contributed by atoms with E-state index in [4.69, 9.17) is 0 Å². The summed E-state index contributed by atoms with van der Waals surface area (Å²) in [6.07, 6.45) is 10.2. The normalized spacial score (nSPS) is 12.4. The van der Waals surface area contributed by atoms with E-state index in [0.29, 0.717) is 37.0 Å². The summed E-state index contributed by atoms with van der Waals surface area (Å²) < 4.78 is 0. The SMILES string of the molecule is C=C(CCCCCC)Nc1cc(C(=C)NCC(=C)NC(CC)CC(C)C)cc(C(=C)NCC(=C)NC(CC)CC(C)C)c1. The van der Waals surface area contributed by atoms with Crippen molar-refractivity contribution in [2.45, 2.75) is 118 Å². The smallest absolute Gasteiger partial charge is 0.0541 e. The third kappa shape index (κ3) is 16.4. The summed E-state index contributed by atoms with van der Waals surface area (Å²) in [5.74, 6) is 1.29. The number of hydrogen-bond acceptors (Lipinski definition) is 5. The van der Waals surface area contributed by atoms with Crippen molar-refractivity contribution in [3.63, 3.8) is 0 Å². The van der Waals surface area contributed by atoms with Crippen LogP contribution >= 0.6 is 0 Å². The third-order valence-electron chi connectivity index (χ3n) is 7.63. The Morgan fingerprint density at radius 3 is 1.49 bits per heavy atom. The molecule has 5 N–H and O–H groups in total. The second kappa shape index (κ2) is 20.8. The fraction of sp³-hybridized carbons (Fsp3) is 0.579. The van der Waals surface area contributed by atoms with Crippen molar-refractivity contribution in [2.75, 3.05) is 18.4 Å². The first-order valence-electron chi connectivity index (χ1n) is 16.7. The van der Waals surface area contributed by atoms with E-state index in [-0.39, 0.29) is 0 Å². The van der Waals surface area contributed by atoms with Gasteiger partial charge in [0.05, 0.1) is 13.1 Å². The van der Waals surface area contributed by atoms with Gasteiger partial charge in [0, 0.05) is 46.3 Å². The maximum atomic E-state index is 4.37. The minimum atomic E-state index is 0.432. The predicted molar refractivity (Wildman–Crippen MR) is 194 cm³/mol. The maximum absolute atomic E-state index is 4.37. The number of anilines is 1. The zero-order valence-corrected chi connectivity index (χ0v) is 28.9. The van der Waals surface area contributed by atoms with Crippen LogP contribution in [-0.4, -0.2) is 25.2 Å². The highest BCUT2D eigenvalue weighted by Gasteiger charge is 2.12. The lowest BCUT2D eigenvalue weighted by atomic mass is 10.0. The number of benzene rings is 1. The van der Waals surface area contributed by atoms with Crippen molar-refractivity contribution in [2.24, 2.45) is 11.8 Å². The minimum Gasteiger partial charge on any atom is -0.385 e. The Labute approximate surface area is 265 Å². The Kier molecular flexibility index (Phi) is 18.3. The van der Waals surface area contributed by atoms with Crippen LogP contribution < -0.4 is 26.6 Å². The van der Waals surface area contributed by atoms with E-state index in [2.05, 4.69) is 126 Å².